The van der Waals surface area contributed by atoms with E-state index in [9.17, 15) is 0 Å². The van der Waals surface area contributed by atoms with Crippen molar-refractivity contribution in [1.29, 1.82) is 0 Å². The molecule has 0 aromatic rings. The Morgan fingerprint density at radius 3 is 0.724 bits per heavy atom. The molecule has 0 aliphatic carbocycles. The van der Waals surface area contributed by atoms with Gasteiger partial charge in [-0.2, -0.15) is 0 Å². The molecule has 0 N–H and O–H groups in total. The summed E-state index contributed by atoms with van der Waals surface area (Å²) < 4.78 is 0. The Bertz CT molecular complexity index is 257. The number of unbranched alkanes of at least 4 members (excludes halogenated alkanes) is 19. The van der Waals surface area contributed by atoms with E-state index in [0.29, 0.717) is 0 Å². The molecule has 0 heterocycles. The second-order valence-corrected chi connectivity index (χ2v) is 9.56. The molecule has 29 heavy (non-hydrogen) atoms. The Hall–Kier alpha value is -0.0400. The van der Waals surface area contributed by atoms with Gasteiger partial charge in [-0.25, -0.2) is 0 Å². The Morgan fingerprint density at radius 2 is 0.483 bits per heavy atom. The fraction of sp³-hybridized carbons (Fsp3) is 1.00. The quantitative estimate of drug-likeness (QED) is 0.136. The van der Waals surface area contributed by atoms with Crippen molar-refractivity contribution >= 4 is 0 Å². The predicted molar refractivity (Wildman–Crippen MR) is 135 cm³/mol. The van der Waals surface area contributed by atoms with Crippen LogP contribution in [0.15, 0.2) is 0 Å². The smallest absolute Gasteiger partial charge is 0.00187 e. The summed E-state index contributed by atoms with van der Waals surface area (Å²) in [5, 5.41) is 0. The lowest BCUT2D eigenvalue weighted by Crippen LogP contribution is -2.27. The Kier molecular flexibility index (Phi) is 26.0. The van der Waals surface area contributed by atoms with Gasteiger partial charge in [0.15, 0.2) is 0 Å². The molecule has 0 bridgehead atoms. The molecule has 0 rings (SSSR count). The molecule has 0 unspecified atom stereocenters. The SMILES string of the molecule is CCCCCCCCCCN(CCCCCCCCC)CCCCCCCCC. The molecule has 0 radical (unpaired) electrons. The molecule has 0 aliphatic rings. The molecule has 0 spiro atoms. The van der Waals surface area contributed by atoms with Gasteiger partial charge < -0.3 is 4.90 Å². The van der Waals surface area contributed by atoms with E-state index >= 15 is 0 Å². The summed E-state index contributed by atoms with van der Waals surface area (Å²) >= 11 is 0. The fourth-order valence-electron chi connectivity index (χ4n) is 4.39. The average molecular weight is 410 g/mol. The second-order valence-electron chi connectivity index (χ2n) is 9.56. The van der Waals surface area contributed by atoms with Crippen molar-refractivity contribution < 1.29 is 0 Å². The maximum absolute atomic E-state index is 2.81. The highest BCUT2D eigenvalue weighted by Crippen LogP contribution is 2.12. The fourth-order valence-corrected chi connectivity index (χ4v) is 4.39. The van der Waals surface area contributed by atoms with Crippen LogP contribution < -0.4 is 0 Å². The lowest BCUT2D eigenvalue weighted by atomic mass is 10.1. The number of hydrogen-bond donors (Lipinski definition) is 0. The minimum atomic E-state index is 1.36. The van der Waals surface area contributed by atoms with Crippen LogP contribution in [0.2, 0.25) is 0 Å². The normalized spacial score (nSPS) is 11.6. The van der Waals surface area contributed by atoms with E-state index in [1.807, 2.05) is 0 Å². The van der Waals surface area contributed by atoms with Crippen molar-refractivity contribution in [3.63, 3.8) is 0 Å². The molecule has 0 fully saturated rings. The first kappa shape index (κ1) is 29.0. The third kappa shape index (κ3) is 24.1. The molecule has 0 atom stereocenters. The van der Waals surface area contributed by atoms with E-state index in [4.69, 9.17) is 0 Å². The zero-order chi connectivity index (χ0) is 21.3. The van der Waals surface area contributed by atoms with Gasteiger partial charge in [0, 0.05) is 0 Å². The van der Waals surface area contributed by atoms with Crippen molar-refractivity contribution in [2.75, 3.05) is 19.6 Å². The third-order valence-corrected chi connectivity index (χ3v) is 6.48. The van der Waals surface area contributed by atoms with Crippen LogP contribution in [0.1, 0.15) is 162 Å². The first-order chi connectivity index (χ1) is 14.3. The summed E-state index contributed by atoms with van der Waals surface area (Å²) in [5.74, 6) is 0. The van der Waals surface area contributed by atoms with Crippen LogP contribution in [-0.2, 0) is 0 Å². The Morgan fingerprint density at radius 1 is 0.276 bits per heavy atom. The summed E-state index contributed by atoms with van der Waals surface area (Å²) in [5.41, 5.74) is 0. The Balaban J connectivity index is 3.80. The van der Waals surface area contributed by atoms with E-state index in [0.717, 1.165) is 0 Å². The summed E-state index contributed by atoms with van der Waals surface area (Å²) in [6.07, 6.45) is 31.7. The van der Waals surface area contributed by atoms with Crippen molar-refractivity contribution in [3.05, 3.63) is 0 Å². The van der Waals surface area contributed by atoms with Gasteiger partial charge in [-0.1, -0.05) is 143 Å². The molecule has 176 valence electrons. The molecule has 0 saturated heterocycles. The minimum absolute atomic E-state index is 1.36. The molecular formula is C28H59N. The van der Waals surface area contributed by atoms with Gasteiger partial charge in [0.05, 0.1) is 0 Å². The summed E-state index contributed by atoms with van der Waals surface area (Å²) in [4.78, 5) is 2.81. The van der Waals surface area contributed by atoms with Crippen LogP contribution in [0, 0.1) is 0 Å². The van der Waals surface area contributed by atoms with Gasteiger partial charge in [0.1, 0.15) is 0 Å². The first-order valence-electron chi connectivity index (χ1n) is 14.1. The van der Waals surface area contributed by atoms with E-state index in [2.05, 4.69) is 25.7 Å². The maximum Gasteiger partial charge on any atom is -0.00187 e. The van der Waals surface area contributed by atoms with Crippen molar-refractivity contribution in [1.82, 2.24) is 4.90 Å². The van der Waals surface area contributed by atoms with Crippen LogP contribution in [0.25, 0.3) is 0 Å². The molecule has 1 heteroatoms. The standard InChI is InChI=1S/C28H59N/c1-4-7-10-13-16-19-22-25-28-29(26-23-20-17-14-11-8-5-2)27-24-21-18-15-12-9-6-3/h4-28H2,1-3H3. The maximum atomic E-state index is 2.81. The van der Waals surface area contributed by atoms with Crippen LogP contribution in [0.3, 0.4) is 0 Å². The van der Waals surface area contributed by atoms with E-state index in [1.54, 1.807) is 0 Å². The molecular weight excluding hydrogens is 350 g/mol. The highest BCUT2D eigenvalue weighted by Gasteiger charge is 2.05. The first-order valence-corrected chi connectivity index (χ1v) is 14.1. The lowest BCUT2D eigenvalue weighted by molar-refractivity contribution is 0.254. The second kappa shape index (κ2) is 26.0. The highest BCUT2D eigenvalue weighted by molar-refractivity contribution is 4.60. The van der Waals surface area contributed by atoms with Crippen LogP contribution >= 0.6 is 0 Å². The van der Waals surface area contributed by atoms with Gasteiger partial charge in [-0.3, -0.25) is 0 Å². The lowest BCUT2D eigenvalue weighted by Gasteiger charge is -2.22. The van der Waals surface area contributed by atoms with Crippen LogP contribution in [0.4, 0.5) is 0 Å². The summed E-state index contributed by atoms with van der Waals surface area (Å²) in [6.45, 7) is 11.0. The zero-order valence-corrected chi connectivity index (χ0v) is 21.1. The van der Waals surface area contributed by atoms with Crippen molar-refractivity contribution in [2.45, 2.75) is 162 Å². The molecule has 1 nitrogen and oxygen atoms in total. The Labute approximate surface area is 186 Å². The van der Waals surface area contributed by atoms with Crippen molar-refractivity contribution in [2.24, 2.45) is 0 Å². The van der Waals surface area contributed by atoms with Crippen molar-refractivity contribution in [3.8, 4) is 0 Å². The van der Waals surface area contributed by atoms with Gasteiger partial charge in [-0.15, -0.1) is 0 Å². The van der Waals surface area contributed by atoms with Gasteiger partial charge in [0.2, 0.25) is 0 Å². The number of rotatable bonds is 25. The highest BCUT2D eigenvalue weighted by atomic mass is 15.1. The van der Waals surface area contributed by atoms with E-state index < -0.39 is 0 Å². The van der Waals surface area contributed by atoms with Gasteiger partial charge in [0.25, 0.3) is 0 Å². The minimum Gasteiger partial charge on any atom is -0.303 e. The monoisotopic (exact) mass is 409 g/mol. The summed E-state index contributed by atoms with van der Waals surface area (Å²) in [7, 11) is 0. The molecule has 0 aromatic heterocycles. The van der Waals surface area contributed by atoms with Crippen LogP contribution in [-0.4, -0.2) is 24.5 Å². The zero-order valence-electron chi connectivity index (χ0n) is 21.1. The van der Waals surface area contributed by atoms with Crippen LogP contribution in [0.5, 0.6) is 0 Å². The topological polar surface area (TPSA) is 3.24 Å². The average Bonchev–Trinajstić information content (AvgIpc) is 2.73. The molecule has 0 aliphatic heterocycles. The molecule has 0 aromatic carbocycles. The molecule has 0 saturated carbocycles. The van der Waals surface area contributed by atoms with Gasteiger partial charge >= 0.3 is 0 Å². The van der Waals surface area contributed by atoms with E-state index in [-0.39, 0.29) is 0 Å². The largest absolute Gasteiger partial charge is 0.303 e. The number of hydrogen-bond acceptors (Lipinski definition) is 1. The van der Waals surface area contributed by atoms with E-state index in [1.165, 1.54) is 161 Å². The summed E-state index contributed by atoms with van der Waals surface area (Å²) in [6, 6.07) is 0. The third-order valence-electron chi connectivity index (χ3n) is 6.48. The molecule has 0 amide bonds. The number of nitrogens with zero attached hydrogens (tertiary/aromatic N) is 1. The van der Waals surface area contributed by atoms with Gasteiger partial charge in [-0.05, 0) is 38.9 Å². The predicted octanol–water partition coefficient (Wildman–Crippen LogP) is 9.93.